The van der Waals surface area contributed by atoms with E-state index in [1.165, 1.54) is 12.1 Å². The Hall–Kier alpha value is -2.76. The summed E-state index contributed by atoms with van der Waals surface area (Å²) in [6, 6.07) is 11.3. The minimum absolute atomic E-state index is 0.0525. The normalized spacial score (nSPS) is 12.2. The Kier molecular flexibility index (Phi) is 6.62. The molecule has 0 spiro atoms. The molecule has 2 aromatic carbocycles. The van der Waals surface area contributed by atoms with E-state index in [1.807, 2.05) is 18.2 Å². The van der Waals surface area contributed by atoms with Crippen LogP contribution in [0, 0.1) is 11.6 Å². The average Bonchev–Trinajstić information content (AvgIpc) is 2.63. The predicted octanol–water partition coefficient (Wildman–Crippen LogP) is 4.01. The summed E-state index contributed by atoms with van der Waals surface area (Å²) in [5, 5.41) is 3.62. The van der Waals surface area contributed by atoms with Crippen LogP contribution in [0.2, 0.25) is 0 Å². The van der Waals surface area contributed by atoms with Gasteiger partial charge in [-0.05, 0) is 30.0 Å². The molecule has 132 valence electrons. The minimum Gasteiger partial charge on any atom is -0.483 e. The summed E-state index contributed by atoms with van der Waals surface area (Å²) >= 11 is 0. The van der Waals surface area contributed by atoms with Crippen molar-refractivity contribution in [3.05, 3.63) is 65.2 Å². The number of nitrogens with one attached hydrogen (secondary N) is 1. The second-order valence-electron chi connectivity index (χ2n) is 5.57. The van der Waals surface area contributed by atoms with Gasteiger partial charge in [0.1, 0.15) is 5.75 Å². The van der Waals surface area contributed by atoms with Gasteiger partial charge in [-0.15, -0.1) is 0 Å². The first-order chi connectivity index (χ1) is 12.0. The molecule has 0 bridgehead atoms. The maximum Gasteiger partial charge on any atom is 0.277 e. The first-order valence-corrected chi connectivity index (χ1v) is 8.00. The number of nitrogens with zero attached hydrogens (tertiary/aromatic N) is 1. The lowest BCUT2D eigenvalue weighted by Gasteiger charge is -2.15. The molecule has 2 rings (SSSR count). The van der Waals surface area contributed by atoms with E-state index in [4.69, 9.17) is 4.74 Å². The number of ether oxygens (including phenoxy) is 1. The monoisotopic (exact) mass is 346 g/mol. The standard InChI is InChI=1S/C19H20F2N2O2/c1-3-13(2)15-8-4-5-10-17(15)25-12-18(24)23-22-11-14-7-6-9-16(20)19(14)21/h4-11,13H,3,12H2,1-2H3,(H,23,24). The highest BCUT2D eigenvalue weighted by atomic mass is 19.2. The van der Waals surface area contributed by atoms with Gasteiger partial charge < -0.3 is 4.74 Å². The van der Waals surface area contributed by atoms with Crippen LogP contribution in [0.25, 0.3) is 0 Å². The number of benzene rings is 2. The molecule has 0 aliphatic rings. The van der Waals surface area contributed by atoms with E-state index in [1.54, 1.807) is 6.07 Å². The van der Waals surface area contributed by atoms with E-state index >= 15 is 0 Å². The average molecular weight is 346 g/mol. The first kappa shape index (κ1) is 18.6. The molecule has 1 N–H and O–H groups in total. The lowest BCUT2D eigenvalue weighted by atomic mass is 9.98. The van der Waals surface area contributed by atoms with Crippen molar-refractivity contribution >= 4 is 12.1 Å². The fourth-order valence-electron chi connectivity index (χ4n) is 2.21. The highest BCUT2D eigenvalue weighted by molar-refractivity contribution is 5.83. The third kappa shape index (κ3) is 5.11. The molecule has 0 aliphatic carbocycles. The van der Waals surface area contributed by atoms with E-state index in [0.29, 0.717) is 11.7 Å². The van der Waals surface area contributed by atoms with Crippen molar-refractivity contribution in [3.8, 4) is 5.75 Å². The Morgan fingerprint density at radius 1 is 1.24 bits per heavy atom. The molecule has 4 nitrogen and oxygen atoms in total. The van der Waals surface area contributed by atoms with Crippen molar-refractivity contribution in [2.45, 2.75) is 26.2 Å². The van der Waals surface area contributed by atoms with E-state index in [2.05, 4.69) is 24.4 Å². The second kappa shape index (κ2) is 8.92. The van der Waals surface area contributed by atoms with Gasteiger partial charge in [-0.2, -0.15) is 5.10 Å². The number of carbonyl (C=O) groups is 1. The van der Waals surface area contributed by atoms with Gasteiger partial charge in [0, 0.05) is 5.56 Å². The summed E-state index contributed by atoms with van der Waals surface area (Å²) in [7, 11) is 0. The smallest absolute Gasteiger partial charge is 0.277 e. The predicted molar refractivity (Wildman–Crippen MR) is 92.7 cm³/mol. The zero-order valence-electron chi connectivity index (χ0n) is 14.1. The number of halogens is 2. The lowest BCUT2D eigenvalue weighted by Crippen LogP contribution is -2.25. The van der Waals surface area contributed by atoms with Crippen LogP contribution in [0.4, 0.5) is 8.78 Å². The number of hydrogen-bond acceptors (Lipinski definition) is 3. The fourth-order valence-corrected chi connectivity index (χ4v) is 2.21. The third-order valence-electron chi connectivity index (χ3n) is 3.80. The molecule has 6 heteroatoms. The number of hydrogen-bond donors (Lipinski definition) is 1. The molecule has 0 aliphatic heterocycles. The van der Waals surface area contributed by atoms with Gasteiger partial charge in [0.2, 0.25) is 0 Å². The van der Waals surface area contributed by atoms with Gasteiger partial charge in [-0.1, -0.05) is 44.2 Å². The van der Waals surface area contributed by atoms with Gasteiger partial charge in [-0.25, -0.2) is 14.2 Å². The number of amides is 1. The highest BCUT2D eigenvalue weighted by Crippen LogP contribution is 2.28. The van der Waals surface area contributed by atoms with Crippen molar-refractivity contribution < 1.29 is 18.3 Å². The SMILES string of the molecule is CCC(C)c1ccccc1OCC(=O)NN=Cc1cccc(F)c1F. The molecule has 0 radical (unpaired) electrons. The molecule has 0 saturated heterocycles. The summed E-state index contributed by atoms with van der Waals surface area (Å²) < 4.78 is 32.1. The van der Waals surface area contributed by atoms with Crippen LogP contribution in [0.15, 0.2) is 47.6 Å². The quantitative estimate of drug-likeness (QED) is 0.608. The van der Waals surface area contributed by atoms with Crippen LogP contribution in [-0.2, 0) is 4.79 Å². The minimum atomic E-state index is -1.01. The highest BCUT2D eigenvalue weighted by Gasteiger charge is 2.11. The fraction of sp³-hybridized carbons (Fsp3) is 0.263. The molecule has 25 heavy (non-hydrogen) atoms. The molecular formula is C19H20F2N2O2. The Balaban J connectivity index is 1.91. The van der Waals surface area contributed by atoms with Crippen LogP contribution >= 0.6 is 0 Å². The van der Waals surface area contributed by atoms with Gasteiger partial charge >= 0.3 is 0 Å². The maximum absolute atomic E-state index is 13.4. The molecule has 0 saturated carbocycles. The van der Waals surface area contributed by atoms with Crippen LogP contribution in [0.3, 0.4) is 0 Å². The Morgan fingerprint density at radius 2 is 2.00 bits per heavy atom. The Morgan fingerprint density at radius 3 is 2.76 bits per heavy atom. The summed E-state index contributed by atoms with van der Waals surface area (Å²) in [6.45, 7) is 3.94. The van der Waals surface area contributed by atoms with Crippen LogP contribution in [0.1, 0.15) is 37.3 Å². The Labute approximate surface area is 145 Å². The molecule has 0 heterocycles. The molecule has 1 unspecified atom stereocenters. The molecular weight excluding hydrogens is 326 g/mol. The summed E-state index contributed by atoms with van der Waals surface area (Å²) in [5.74, 6) is -1.52. The largest absolute Gasteiger partial charge is 0.483 e. The summed E-state index contributed by atoms with van der Waals surface area (Å²) in [6.07, 6.45) is 2.00. The van der Waals surface area contributed by atoms with Gasteiger partial charge in [0.25, 0.3) is 5.91 Å². The zero-order chi connectivity index (χ0) is 18.2. The zero-order valence-corrected chi connectivity index (χ0v) is 14.1. The summed E-state index contributed by atoms with van der Waals surface area (Å²) in [4.78, 5) is 11.8. The van der Waals surface area contributed by atoms with Crippen molar-refractivity contribution in [1.82, 2.24) is 5.43 Å². The third-order valence-corrected chi connectivity index (χ3v) is 3.80. The van der Waals surface area contributed by atoms with Crippen LogP contribution in [-0.4, -0.2) is 18.7 Å². The number of para-hydroxylation sites is 1. The van der Waals surface area contributed by atoms with E-state index in [0.717, 1.165) is 24.3 Å². The van der Waals surface area contributed by atoms with Gasteiger partial charge in [-0.3, -0.25) is 4.79 Å². The molecule has 2 aromatic rings. The summed E-state index contributed by atoms with van der Waals surface area (Å²) in [5.41, 5.74) is 3.21. The van der Waals surface area contributed by atoms with Crippen LogP contribution < -0.4 is 10.2 Å². The topological polar surface area (TPSA) is 50.7 Å². The van der Waals surface area contributed by atoms with Crippen LogP contribution in [0.5, 0.6) is 5.75 Å². The molecule has 0 fully saturated rings. The van der Waals surface area contributed by atoms with E-state index in [9.17, 15) is 13.6 Å². The van der Waals surface area contributed by atoms with E-state index in [-0.39, 0.29) is 12.2 Å². The second-order valence-corrected chi connectivity index (χ2v) is 5.57. The maximum atomic E-state index is 13.4. The lowest BCUT2D eigenvalue weighted by molar-refractivity contribution is -0.123. The first-order valence-electron chi connectivity index (χ1n) is 8.00. The number of hydrazone groups is 1. The molecule has 1 amide bonds. The molecule has 1 atom stereocenters. The van der Waals surface area contributed by atoms with Crippen molar-refractivity contribution in [3.63, 3.8) is 0 Å². The van der Waals surface area contributed by atoms with Gasteiger partial charge in [0.15, 0.2) is 18.2 Å². The van der Waals surface area contributed by atoms with E-state index < -0.39 is 17.5 Å². The van der Waals surface area contributed by atoms with Crippen molar-refractivity contribution in [2.24, 2.45) is 5.10 Å². The Bertz CT molecular complexity index is 763. The molecule has 0 aromatic heterocycles. The number of carbonyl (C=O) groups excluding carboxylic acids is 1. The number of rotatable bonds is 7. The van der Waals surface area contributed by atoms with Crippen molar-refractivity contribution in [1.29, 1.82) is 0 Å². The van der Waals surface area contributed by atoms with Crippen molar-refractivity contribution in [2.75, 3.05) is 6.61 Å². The van der Waals surface area contributed by atoms with Gasteiger partial charge in [0.05, 0.1) is 6.21 Å².